The van der Waals surface area contributed by atoms with Crippen molar-refractivity contribution >= 4 is 28.3 Å². The molecule has 2 heterocycles. The molecule has 2 aliphatic heterocycles. The standard InChI is InChI=1S/C18H18N2O5S/c1-24-18(21)12-4-2-5-13(10-12)25-14-7-8-15-16(11-14)26(22,23)19-17-6-3-9-20(15)17/h2,4-5,7-8,10-11,22-23H,3,6,9H2,1H3. The van der Waals surface area contributed by atoms with Crippen molar-refractivity contribution in [1.82, 2.24) is 0 Å². The fourth-order valence-corrected chi connectivity index (χ4v) is 4.47. The van der Waals surface area contributed by atoms with E-state index in [1.165, 1.54) is 7.11 Å². The van der Waals surface area contributed by atoms with Gasteiger partial charge in [0, 0.05) is 19.0 Å². The molecular formula is C18H18N2O5S. The van der Waals surface area contributed by atoms with Crippen LogP contribution in [0.25, 0.3) is 0 Å². The average Bonchev–Trinajstić information content (AvgIpc) is 3.09. The van der Waals surface area contributed by atoms with Gasteiger partial charge in [-0.05, 0) is 36.8 Å². The molecule has 2 aromatic carbocycles. The summed E-state index contributed by atoms with van der Waals surface area (Å²) in [5.74, 6) is 1.15. The van der Waals surface area contributed by atoms with Crippen molar-refractivity contribution in [2.75, 3.05) is 18.6 Å². The van der Waals surface area contributed by atoms with Crippen LogP contribution in [0, 0.1) is 0 Å². The molecule has 0 saturated carbocycles. The van der Waals surface area contributed by atoms with Crippen molar-refractivity contribution in [3.05, 3.63) is 48.0 Å². The Balaban J connectivity index is 1.66. The predicted octanol–water partition coefficient (Wildman–Crippen LogP) is 4.30. The third-order valence-corrected chi connectivity index (χ3v) is 5.72. The molecule has 1 saturated heterocycles. The summed E-state index contributed by atoms with van der Waals surface area (Å²) in [6.07, 6.45) is 1.68. The monoisotopic (exact) mass is 374 g/mol. The first-order valence-electron chi connectivity index (χ1n) is 8.13. The summed E-state index contributed by atoms with van der Waals surface area (Å²) < 4.78 is 35.5. The summed E-state index contributed by atoms with van der Waals surface area (Å²) >= 11 is 0. The third-order valence-electron chi connectivity index (χ3n) is 4.33. The van der Waals surface area contributed by atoms with E-state index in [1.807, 2.05) is 11.0 Å². The van der Waals surface area contributed by atoms with Gasteiger partial charge in [0.25, 0.3) is 0 Å². The van der Waals surface area contributed by atoms with E-state index < -0.39 is 16.7 Å². The molecule has 2 N–H and O–H groups in total. The van der Waals surface area contributed by atoms with E-state index in [1.54, 1.807) is 36.4 Å². The van der Waals surface area contributed by atoms with Crippen LogP contribution in [0.15, 0.2) is 51.8 Å². The highest BCUT2D eigenvalue weighted by molar-refractivity contribution is 8.23. The number of nitrogens with zero attached hydrogens (tertiary/aromatic N) is 2. The second-order valence-electron chi connectivity index (χ2n) is 6.03. The summed E-state index contributed by atoms with van der Waals surface area (Å²) in [7, 11) is -1.93. The van der Waals surface area contributed by atoms with E-state index in [0.29, 0.717) is 22.0 Å². The van der Waals surface area contributed by atoms with E-state index >= 15 is 0 Å². The van der Waals surface area contributed by atoms with Gasteiger partial charge in [-0.15, -0.1) is 4.40 Å². The van der Waals surface area contributed by atoms with Gasteiger partial charge in [0.15, 0.2) is 0 Å². The van der Waals surface area contributed by atoms with Gasteiger partial charge in [-0.3, -0.25) is 9.11 Å². The van der Waals surface area contributed by atoms with E-state index in [-0.39, 0.29) is 0 Å². The molecule has 26 heavy (non-hydrogen) atoms. The third kappa shape index (κ3) is 2.92. The molecular weight excluding hydrogens is 356 g/mol. The molecule has 136 valence electrons. The van der Waals surface area contributed by atoms with Crippen LogP contribution in [0.5, 0.6) is 11.5 Å². The minimum Gasteiger partial charge on any atom is -0.465 e. The number of hydrogen-bond donors (Lipinski definition) is 2. The number of fused-ring (bicyclic) bond motifs is 3. The van der Waals surface area contributed by atoms with Crippen LogP contribution in [-0.2, 0) is 4.74 Å². The molecule has 2 aliphatic rings. The number of esters is 1. The molecule has 0 spiro atoms. The molecule has 2 aromatic rings. The Hall–Kier alpha value is -2.55. The number of anilines is 1. The van der Waals surface area contributed by atoms with Gasteiger partial charge in [0.2, 0.25) is 0 Å². The largest absolute Gasteiger partial charge is 0.465 e. The van der Waals surface area contributed by atoms with E-state index in [4.69, 9.17) is 9.47 Å². The van der Waals surface area contributed by atoms with Crippen LogP contribution >= 0.6 is 10.8 Å². The van der Waals surface area contributed by atoms with Gasteiger partial charge < -0.3 is 14.4 Å². The molecule has 7 nitrogen and oxygen atoms in total. The Kier molecular flexibility index (Phi) is 4.10. The summed E-state index contributed by atoms with van der Waals surface area (Å²) in [5.41, 5.74) is 1.13. The van der Waals surface area contributed by atoms with Crippen LogP contribution in [0.4, 0.5) is 5.69 Å². The summed E-state index contributed by atoms with van der Waals surface area (Å²) in [5, 5.41) is 0. The highest BCUT2D eigenvalue weighted by atomic mass is 32.3. The number of carbonyl (C=O) groups is 1. The summed E-state index contributed by atoms with van der Waals surface area (Å²) in [6, 6.07) is 11.8. The van der Waals surface area contributed by atoms with Gasteiger partial charge in [0.05, 0.1) is 18.4 Å². The Bertz CT molecular complexity index is 912. The van der Waals surface area contributed by atoms with E-state index in [0.717, 1.165) is 30.9 Å². The van der Waals surface area contributed by atoms with Gasteiger partial charge in [-0.25, -0.2) is 4.79 Å². The predicted molar refractivity (Wildman–Crippen MR) is 99.4 cm³/mol. The molecule has 0 atom stereocenters. The van der Waals surface area contributed by atoms with Crippen LogP contribution in [-0.4, -0.2) is 34.6 Å². The first-order chi connectivity index (χ1) is 12.5. The molecule has 1 fully saturated rings. The first kappa shape index (κ1) is 16.9. The maximum atomic E-state index is 11.6. The second-order valence-corrected chi connectivity index (χ2v) is 7.69. The van der Waals surface area contributed by atoms with Crippen molar-refractivity contribution in [1.29, 1.82) is 0 Å². The van der Waals surface area contributed by atoms with Crippen molar-refractivity contribution < 1.29 is 23.4 Å². The Morgan fingerprint density at radius 3 is 2.81 bits per heavy atom. The lowest BCUT2D eigenvalue weighted by Gasteiger charge is -2.37. The molecule has 0 aromatic heterocycles. The molecule has 0 unspecified atom stereocenters. The number of methoxy groups -OCH3 is 1. The van der Waals surface area contributed by atoms with Crippen molar-refractivity contribution in [3.63, 3.8) is 0 Å². The highest BCUT2D eigenvalue weighted by Crippen LogP contribution is 2.58. The number of carbonyl (C=O) groups excluding carboxylic acids is 1. The zero-order valence-electron chi connectivity index (χ0n) is 14.1. The maximum Gasteiger partial charge on any atom is 0.337 e. The van der Waals surface area contributed by atoms with Gasteiger partial charge >= 0.3 is 5.97 Å². The highest BCUT2D eigenvalue weighted by Gasteiger charge is 2.34. The molecule has 4 rings (SSSR count). The van der Waals surface area contributed by atoms with Crippen molar-refractivity contribution in [2.24, 2.45) is 4.40 Å². The summed E-state index contributed by atoms with van der Waals surface area (Å²) in [4.78, 5) is 14.0. The lowest BCUT2D eigenvalue weighted by molar-refractivity contribution is 0.0600. The van der Waals surface area contributed by atoms with Gasteiger partial charge in [0.1, 0.15) is 22.2 Å². The number of hydrogen-bond acceptors (Lipinski definition) is 7. The average molecular weight is 374 g/mol. The van der Waals surface area contributed by atoms with E-state index in [9.17, 15) is 13.9 Å². The first-order valence-corrected chi connectivity index (χ1v) is 9.63. The summed E-state index contributed by atoms with van der Waals surface area (Å²) in [6.45, 7) is 0.808. The quantitative estimate of drug-likeness (QED) is 0.778. The minimum atomic E-state index is -3.24. The minimum absolute atomic E-state index is 0.352. The fourth-order valence-electron chi connectivity index (χ4n) is 3.15. The lowest BCUT2D eigenvalue weighted by Crippen LogP contribution is -2.29. The van der Waals surface area contributed by atoms with Gasteiger partial charge in [-0.1, -0.05) is 16.8 Å². The Morgan fingerprint density at radius 2 is 2.00 bits per heavy atom. The maximum absolute atomic E-state index is 11.6. The molecule has 0 aliphatic carbocycles. The van der Waals surface area contributed by atoms with Crippen LogP contribution < -0.4 is 9.64 Å². The zero-order chi connectivity index (χ0) is 18.3. The van der Waals surface area contributed by atoms with Crippen LogP contribution in [0.2, 0.25) is 0 Å². The number of rotatable bonds is 3. The Morgan fingerprint density at radius 1 is 1.19 bits per heavy atom. The SMILES string of the molecule is COC(=O)c1cccc(Oc2ccc3c(c2)S(O)(O)N=C2CCCN23)c1. The molecule has 8 heteroatoms. The zero-order valence-corrected chi connectivity index (χ0v) is 14.9. The lowest BCUT2D eigenvalue weighted by atomic mass is 10.2. The normalized spacial score (nSPS) is 18.4. The van der Waals surface area contributed by atoms with Crippen LogP contribution in [0.3, 0.4) is 0 Å². The second kappa shape index (κ2) is 6.31. The molecule has 0 amide bonds. The molecule has 0 bridgehead atoms. The smallest absolute Gasteiger partial charge is 0.337 e. The number of benzene rings is 2. The topological polar surface area (TPSA) is 91.6 Å². The molecule has 0 radical (unpaired) electrons. The van der Waals surface area contributed by atoms with Crippen molar-refractivity contribution in [2.45, 2.75) is 17.7 Å². The van der Waals surface area contributed by atoms with Gasteiger partial charge in [-0.2, -0.15) is 0 Å². The van der Waals surface area contributed by atoms with Crippen molar-refractivity contribution in [3.8, 4) is 11.5 Å². The van der Waals surface area contributed by atoms with E-state index in [2.05, 4.69) is 4.40 Å². The number of amidine groups is 1. The van der Waals surface area contributed by atoms with Crippen LogP contribution in [0.1, 0.15) is 23.2 Å². The Labute approximate surface area is 152 Å². The number of ether oxygens (including phenoxy) is 2. The fraction of sp³-hybridized carbons (Fsp3) is 0.222.